The summed E-state index contributed by atoms with van der Waals surface area (Å²) in [5, 5.41) is 13.2. The molecule has 7 N–H and O–H groups in total. The van der Waals surface area contributed by atoms with Crippen molar-refractivity contribution < 1.29 is 69.7 Å². The van der Waals surface area contributed by atoms with E-state index in [4.69, 9.17) is 29.4 Å². The van der Waals surface area contributed by atoms with Crippen LogP contribution >= 0.6 is 23.2 Å². The Balaban J connectivity index is 0.000000288. The first kappa shape index (κ1) is 53.9. The number of hydrogen-bond acceptors (Lipinski definition) is 17. The molecule has 24 heteroatoms. The molecule has 22 nitrogen and oxygen atoms in total. The van der Waals surface area contributed by atoms with Gasteiger partial charge in [-0.15, -0.1) is 0 Å². The van der Waals surface area contributed by atoms with Gasteiger partial charge in [0.15, 0.2) is 23.2 Å². The molecule has 2 saturated heterocycles. The summed E-state index contributed by atoms with van der Waals surface area (Å²) in [4.78, 5) is 112. The number of anilines is 2. The van der Waals surface area contributed by atoms with E-state index in [0.29, 0.717) is 114 Å². The van der Waals surface area contributed by atoms with Gasteiger partial charge in [-0.05, 0) is 57.9 Å². The van der Waals surface area contributed by atoms with Gasteiger partial charge in [-0.25, -0.2) is 4.79 Å². The minimum atomic E-state index is -1.01. The molecule has 2 atom stereocenters. The van der Waals surface area contributed by atoms with Gasteiger partial charge in [0.1, 0.15) is 17.7 Å². The van der Waals surface area contributed by atoms with Gasteiger partial charge in [0.05, 0.1) is 75.1 Å². The van der Waals surface area contributed by atoms with E-state index < -0.39 is 71.0 Å². The lowest BCUT2D eigenvalue weighted by molar-refractivity contribution is -0.137. The van der Waals surface area contributed by atoms with Gasteiger partial charge in [0.2, 0.25) is 23.6 Å². The molecule has 0 bridgehead atoms. The van der Waals surface area contributed by atoms with Crippen molar-refractivity contribution in [2.75, 3.05) is 89.7 Å². The predicted octanol–water partition coefficient (Wildman–Crippen LogP) is 1.86. The predicted molar refractivity (Wildman–Crippen MR) is 245 cm³/mol. The first-order chi connectivity index (χ1) is 32.1. The zero-order valence-electron chi connectivity index (χ0n) is 37.4. The lowest BCUT2D eigenvalue weighted by Crippen LogP contribution is -2.54. The van der Waals surface area contributed by atoms with Gasteiger partial charge in [0, 0.05) is 50.4 Å². The van der Waals surface area contributed by atoms with E-state index in [9.17, 15) is 46.0 Å². The maximum atomic E-state index is 13.0. The normalized spacial score (nSPS) is 17.7. The lowest BCUT2D eigenvalue weighted by atomic mass is 10.0. The maximum absolute atomic E-state index is 13.0. The van der Waals surface area contributed by atoms with Crippen LogP contribution in [0.25, 0.3) is 0 Å². The number of halogens is 2. The zero-order chi connectivity index (χ0) is 49.1. The van der Waals surface area contributed by atoms with Crippen LogP contribution < -0.4 is 32.3 Å². The molecule has 2 unspecified atom stereocenters. The van der Waals surface area contributed by atoms with Crippen LogP contribution in [-0.2, 0) is 42.9 Å². The summed E-state index contributed by atoms with van der Waals surface area (Å²) in [7, 11) is 0. The van der Waals surface area contributed by atoms with Crippen LogP contribution in [0.2, 0.25) is 0 Å². The summed E-state index contributed by atoms with van der Waals surface area (Å²) in [6.07, 6.45) is -0.122. The SMILES string of the molecule is CC(C)(C)OC(=O)NCCOCCOCCNc1cccc2c1C(=O)N(C1CCC(=O)NC1=O)C2=O.FI.NCCOCCOCCNc1cccc2c1C(=O)N(C1CCC(=O)NC1=O)C2=O. The minimum Gasteiger partial charge on any atom is -0.444 e. The topological polar surface area (TPSA) is 292 Å². The number of piperidine rings is 2. The summed E-state index contributed by atoms with van der Waals surface area (Å²) in [6, 6.07) is 7.80. The van der Waals surface area contributed by atoms with Crippen molar-refractivity contribution >= 4 is 87.9 Å². The van der Waals surface area contributed by atoms with Gasteiger partial charge in [-0.1, -0.05) is 12.1 Å². The number of amides is 9. The Kier molecular flexibility index (Phi) is 21.4. The van der Waals surface area contributed by atoms with Gasteiger partial charge in [-0.3, -0.25) is 58.8 Å². The van der Waals surface area contributed by atoms with Gasteiger partial charge >= 0.3 is 6.09 Å². The number of carbonyl (C=O) groups excluding carboxylic acids is 9. The van der Waals surface area contributed by atoms with E-state index >= 15 is 0 Å². The smallest absolute Gasteiger partial charge is 0.407 e. The first-order valence-corrected chi connectivity index (χ1v) is 22.2. The van der Waals surface area contributed by atoms with Crippen molar-refractivity contribution in [1.82, 2.24) is 25.8 Å². The Labute approximate surface area is 400 Å². The van der Waals surface area contributed by atoms with E-state index in [-0.39, 0.29) is 47.9 Å². The third-order valence-electron chi connectivity index (χ3n) is 9.98. The first-order valence-electron chi connectivity index (χ1n) is 21.4. The Morgan fingerprint density at radius 3 is 1.43 bits per heavy atom. The molecule has 67 heavy (non-hydrogen) atoms. The summed E-state index contributed by atoms with van der Waals surface area (Å²) in [6.45, 7) is 9.99. The summed E-state index contributed by atoms with van der Waals surface area (Å²) in [5.74, 6) is -4.29. The second-order valence-electron chi connectivity index (χ2n) is 15.9. The van der Waals surface area contributed by atoms with Gasteiger partial charge in [-0.2, -0.15) is 2.86 Å². The van der Waals surface area contributed by atoms with Crippen LogP contribution in [0.1, 0.15) is 87.9 Å². The lowest BCUT2D eigenvalue weighted by Gasteiger charge is -2.27. The van der Waals surface area contributed by atoms with Crippen LogP contribution in [-0.4, -0.2) is 160 Å². The molecule has 4 heterocycles. The van der Waals surface area contributed by atoms with Crippen molar-refractivity contribution in [2.45, 2.75) is 64.1 Å². The van der Waals surface area contributed by atoms with Crippen LogP contribution in [0.3, 0.4) is 0 Å². The Bertz CT molecular complexity index is 2140. The molecular formula is C43H56FIN8O14. The molecule has 0 radical (unpaired) electrons. The van der Waals surface area contributed by atoms with Crippen molar-refractivity contribution in [3.8, 4) is 0 Å². The fraction of sp³-hybridized carbons (Fsp3) is 0.512. The molecule has 0 aromatic heterocycles. The Hall–Kier alpha value is -5.67. The zero-order valence-corrected chi connectivity index (χ0v) is 39.5. The molecular weight excluding hydrogens is 998 g/mol. The number of rotatable bonds is 21. The van der Waals surface area contributed by atoms with Crippen molar-refractivity contribution in [3.63, 3.8) is 0 Å². The summed E-state index contributed by atoms with van der Waals surface area (Å²) < 4.78 is 36.1. The molecule has 6 rings (SSSR count). The fourth-order valence-electron chi connectivity index (χ4n) is 7.11. The monoisotopic (exact) mass is 1050 g/mol. The number of carbonyl (C=O) groups is 9. The van der Waals surface area contributed by atoms with Crippen LogP contribution in [0.4, 0.5) is 19.0 Å². The highest BCUT2D eigenvalue weighted by molar-refractivity contribution is 14.1. The third-order valence-corrected chi connectivity index (χ3v) is 9.98. The van der Waals surface area contributed by atoms with Crippen LogP contribution in [0.15, 0.2) is 36.4 Å². The molecule has 2 fully saturated rings. The molecule has 2 aromatic carbocycles. The molecule has 0 aliphatic carbocycles. The number of imide groups is 4. The van der Waals surface area contributed by atoms with Crippen molar-refractivity contribution in [3.05, 3.63) is 58.7 Å². The summed E-state index contributed by atoms with van der Waals surface area (Å²) in [5.41, 5.74) is 6.62. The summed E-state index contributed by atoms with van der Waals surface area (Å²) >= 11 is 0.650. The molecule has 4 aliphatic heterocycles. The van der Waals surface area contributed by atoms with Crippen molar-refractivity contribution in [2.24, 2.45) is 5.73 Å². The molecule has 2 aromatic rings. The highest BCUT2D eigenvalue weighted by atomic mass is 127. The number of ether oxygens (including phenoxy) is 5. The Morgan fingerprint density at radius 2 is 1.04 bits per heavy atom. The quantitative estimate of drug-likeness (QED) is 0.0591. The Morgan fingerprint density at radius 1 is 0.642 bits per heavy atom. The number of alkyl carbamates (subject to hydrolysis) is 1. The van der Waals surface area contributed by atoms with Crippen LogP contribution in [0, 0.1) is 0 Å². The van der Waals surface area contributed by atoms with E-state index in [2.05, 4.69) is 26.6 Å². The van der Waals surface area contributed by atoms with Gasteiger partial charge in [0.25, 0.3) is 23.6 Å². The average Bonchev–Trinajstić information content (AvgIpc) is 3.69. The number of nitrogens with one attached hydrogen (secondary N) is 5. The number of fused-ring (bicyclic) bond motifs is 2. The molecule has 0 saturated carbocycles. The minimum absolute atomic E-state index is 0.0657. The number of hydrogen-bond donors (Lipinski definition) is 6. The van der Waals surface area contributed by atoms with Gasteiger partial charge < -0.3 is 45.4 Å². The third kappa shape index (κ3) is 15.2. The molecule has 4 aliphatic rings. The molecule has 0 spiro atoms. The van der Waals surface area contributed by atoms with Crippen LogP contribution in [0.5, 0.6) is 0 Å². The standard InChI is InChI=1S/C24H32N4O8.C19H24N4O6.FI/c1-24(2,3)36-23(33)26-10-12-35-14-13-34-11-9-25-16-6-4-5-15-19(16)22(32)28(21(15)31)17-7-8-18(29)27-20(17)30;20-6-8-28-10-11-29-9-7-21-13-3-1-2-12-16(13)19(27)23(18(12)26)14-4-5-15(24)22-17(14)25;1-2/h4-6,17,25H,7-14H2,1-3H3,(H,26,33)(H,27,29,30);1-3,14,21H,4-11,20H2,(H,22,24,25);. The number of benzene rings is 2. The highest BCUT2D eigenvalue weighted by Crippen LogP contribution is 2.33. The van der Waals surface area contributed by atoms with E-state index in [1.165, 1.54) is 6.07 Å². The average molecular weight is 1050 g/mol. The second-order valence-corrected chi connectivity index (χ2v) is 15.9. The fourth-order valence-corrected chi connectivity index (χ4v) is 7.11. The number of nitrogens with two attached hydrogens (primary N) is 1. The highest BCUT2D eigenvalue weighted by Gasteiger charge is 2.47. The number of nitrogens with zero attached hydrogens (tertiary/aromatic N) is 2. The largest absolute Gasteiger partial charge is 0.444 e. The van der Waals surface area contributed by atoms with E-state index in [1.54, 1.807) is 51.1 Å². The van der Waals surface area contributed by atoms with E-state index in [0.717, 1.165) is 9.80 Å². The van der Waals surface area contributed by atoms with E-state index in [1.807, 2.05) is 0 Å². The maximum Gasteiger partial charge on any atom is 0.407 e. The molecule has 9 amide bonds. The second kappa shape index (κ2) is 26.6. The molecule has 366 valence electrons. The van der Waals surface area contributed by atoms with Crippen molar-refractivity contribution in [1.29, 1.82) is 0 Å².